The molecule has 0 spiro atoms. The Morgan fingerprint density at radius 2 is 1.73 bits per heavy atom. The van der Waals surface area contributed by atoms with Gasteiger partial charge >= 0.3 is 0 Å². The van der Waals surface area contributed by atoms with Gasteiger partial charge in [-0.3, -0.25) is 4.79 Å². The van der Waals surface area contributed by atoms with Gasteiger partial charge in [0.15, 0.2) is 0 Å². The Bertz CT molecular complexity index is 655. The third-order valence-electron chi connectivity index (χ3n) is 3.30. The molecule has 0 bridgehead atoms. The van der Waals surface area contributed by atoms with Gasteiger partial charge < -0.3 is 5.32 Å². The lowest BCUT2D eigenvalue weighted by molar-refractivity contribution is -0.126. The fourth-order valence-electron chi connectivity index (χ4n) is 2.14. The second-order valence-corrected chi connectivity index (χ2v) is 8.70. The summed E-state index contributed by atoms with van der Waals surface area (Å²) in [5.74, 6) is -0.391. The number of hydrogen-bond donors (Lipinski definition) is 2. The molecule has 0 aromatic heterocycles. The third kappa shape index (κ3) is 5.26. The van der Waals surface area contributed by atoms with E-state index in [4.69, 9.17) is 11.6 Å². The molecule has 2 N–H and O–H groups in total. The fraction of sp³-hybridized carbons (Fsp3) is 0.533. The predicted octanol–water partition coefficient (Wildman–Crippen LogP) is 2.06. The number of carbonyl (C=O) groups excluding carboxylic acids is 1. The highest BCUT2D eigenvalue weighted by Gasteiger charge is 2.32. The van der Waals surface area contributed by atoms with Crippen molar-refractivity contribution in [3.05, 3.63) is 34.9 Å². The van der Waals surface area contributed by atoms with Crippen LogP contribution in [-0.4, -0.2) is 32.7 Å². The Labute approximate surface area is 137 Å². The Morgan fingerprint density at radius 1 is 1.18 bits per heavy atom. The van der Waals surface area contributed by atoms with Crippen LogP contribution in [-0.2, 0) is 20.2 Å². The molecule has 5 nitrogen and oxygen atoms in total. The number of amides is 1. The molecule has 0 aliphatic carbocycles. The Hall–Kier alpha value is -1.11. The number of nitrogens with one attached hydrogen (secondary N) is 2. The van der Waals surface area contributed by atoms with Gasteiger partial charge in [0, 0.05) is 17.0 Å². The van der Waals surface area contributed by atoms with E-state index in [1.807, 2.05) is 32.0 Å². The average molecular weight is 347 g/mol. The van der Waals surface area contributed by atoms with Gasteiger partial charge in [0.25, 0.3) is 0 Å². The van der Waals surface area contributed by atoms with Crippen molar-refractivity contribution in [2.45, 2.75) is 38.6 Å². The van der Waals surface area contributed by atoms with E-state index in [-0.39, 0.29) is 5.41 Å². The van der Waals surface area contributed by atoms with Gasteiger partial charge in [0.1, 0.15) is 5.54 Å². The standard InChI is InChI=1S/C15H23ClN2O3S/c1-14(2,11-8-6-7-9-12(11)16)10-17-13(19)15(3,4)18-22(5,20)21/h6-9,18H,10H2,1-5H3,(H,17,19). The molecule has 0 fully saturated rings. The summed E-state index contributed by atoms with van der Waals surface area (Å²) in [6, 6.07) is 7.45. The number of rotatable bonds is 6. The smallest absolute Gasteiger partial charge is 0.240 e. The molecular weight excluding hydrogens is 324 g/mol. The van der Waals surface area contributed by atoms with Gasteiger partial charge in [-0.15, -0.1) is 0 Å². The summed E-state index contributed by atoms with van der Waals surface area (Å²) in [6.07, 6.45) is 1.02. The van der Waals surface area contributed by atoms with Gasteiger partial charge in [-0.25, -0.2) is 13.1 Å². The van der Waals surface area contributed by atoms with Crippen molar-refractivity contribution in [1.82, 2.24) is 10.0 Å². The fourth-order valence-corrected chi connectivity index (χ4v) is 3.55. The van der Waals surface area contributed by atoms with Crippen LogP contribution < -0.4 is 10.0 Å². The quantitative estimate of drug-likeness (QED) is 0.827. The first-order valence-corrected chi connectivity index (χ1v) is 9.14. The maximum atomic E-state index is 12.2. The van der Waals surface area contributed by atoms with E-state index in [2.05, 4.69) is 10.0 Å². The van der Waals surface area contributed by atoms with Gasteiger partial charge in [0.2, 0.25) is 15.9 Å². The van der Waals surface area contributed by atoms with Crippen molar-refractivity contribution in [2.24, 2.45) is 0 Å². The maximum absolute atomic E-state index is 12.2. The highest BCUT2D eigenvalue weighted by Crippen LogP contribution is 2.29. The molecule has 0 radical (unpaired) electrons. The number of hydrogen-bond acceptors (Lipinski definition) is 3. The van der Waals surface area contributed by atoms with Crippen LogP contribution >= 0.6 is 11.6 Å². The molecule has 1 rings (SSSR count). The van der Waals surface area contributed by atoms with E-state index in [1.165, 1.54) is 13.8 Å². The van der Waals surface area contributed by atoms with E-state index in [0.717, 1.165) is 11.8 Å². The Balaban J connectivity index is 2.81. The lowest BCUT2D eigenvalue weighted by atomic mass is 9.84. The van der Waals surface area contributed by atoms with Crippen LogP contribution in [0.5, 0.6) is 0 Å². The Morgan fingerprint density at radius 3 is 2.23 bits per heavy atom. The summed E-state index contributed by atoms with van der Waals surface area (Å²) < 4.78 is 24.9. The van der Waals surface area contributed by atoms with E-state index in [1.54, 1.807) is 6.07 Å². The van der Waals surface area contributed by atoms with E-state index < -0.39 is 21.5 Å². The van der Waals surface area contributed by atoms with Crippen LogP contribution in [0.2, 0.25) is 5.02 Å². The first-order valence-electron chi connectivity index (χ1n) is 6.87. The summed E-state index contributed by atoms with van der Waals surface area (Å²) in [5.41, 5.74) is -0.676. The van der Waals surface area contributed by atoms with Crippen molar-refractivity contribution >= 4 is 27.5 Å². The molecule has 1 aromatic rings. The lowest BCUT2D eigenvalue weighted by Gasteiger charge is -2.30. The molecule has 7 heteroatoms. The van der Waals surface area contributed by atoms with Crippen molar-refractivity contribution in [1.29, 1.82) is 0 Å². The number of carbonyl (C=O) groups is 1. The van der Waals surface area contributed by atoms with Crippen LogP contribution in [0.15, 0.2) is 24.3 Å². The van der Waals surface area contributed by atoms with Gasteiger partial charge in [-0.05, 0) is 25.5 Å². The molecule has 22 heavy (non-hydrogen) atoms. The second kappa shape index (κ2) is 6.56. The average Bonchev–Trinajstić information content (AvgIpc) is 2.33. The largest absolute Gasteiger partial charge is 0.354 e. The molecule has 1 aromatic carbocycles. The molecule has 0 unspecified atom stereocenters. The second-order valence-electron chi connectivity index (χ2n) is 6.55. The summed E-state index contributed by atoms with van der Waals surface area (Å²) in [5, 5.41) is 3.42. The topological polar surface area (TPSA) is 75.3 Å². The molecule has 0 aliphatic heterocycles. The zero-order valence-corrected chi connectivity index (χ0v) is 15.1. The molecule has 0 aliphatic rings. The molecule has 0 atom stereocenters. The van der Waals surface area contributed by atoms with Crippen molar-refractivity contribution in [3.8, 4) is 0 Å². The van der Waals surface area contributed by atoms with Gasteiger partial charge in [-0.1, -0.05) is 43.6 Å². The van der Waals surface area contributed by atoms with Crippen LogP contribution in [0.3, 0.4) is 0 Å². The zero-order valence-electron chi connectivity index (χ0n) is 13.5. The predicted molar refractivity (Wildman–Crippen MR) is 89.5 cm³/mol. The molecule has 124 valence electrons. The van der Waals surface area contributed by atoms with Crippen LogP contribution in [0.1, 0.15) is 33.3 Å². The highest BCUT2D eigenvalue weighted by molar-refractivity contribution is 7.88. The highest BCUT2D eigenvalue weighted by atomic mass is 35.5. The minimum absolute atomic E-state index is 0.338. The number of sulfonamides is 1. The van der Waals surface area contributed by atoms with Crippen LogP contribution in [0.25, 0.3) is 0 Å². The SMILES string of the molecule is CC(C)(NS(C)(=O)=O)C(=O)NCC(C)(C)c1ccccc1Cl. The van der Waals surface area contributed by atoms with Gasteiger partial charge in [0.05, 0.1) is 6.26 Å². The van der Waals surface area contributed by atoms with Crippen LogP contribution in [0, 0.1) is 0 Å². The van der Waals surface area contributed by atoms with Crippen LogP contribution in [0.4, 0.5) is 0 Å². The number of benzene rings is 1. The summed E-state index contributed by atoms with van der Waals surface area (Å²) in [4.78, 5) is 12.2. The Kier molecular flexibility index (Phi) is 5.65. The lowest BCUT2D eigenvalue weighted by Crippen LogP contribution is -2.55. The molecule has 0 saturated carbocycles. The monoisotopic (exact) mass is 346 g/mol. The number of halogens is 1. The van der Waals surface area contributed by atoms with Crippen molar-refractivity contribution < 1.29 is 13.2 Å². The first-order chi connectivity index (χ1) is 9.85. The molecule has 0 heterocycles. The summed E-state index contributed by atoms with van der Waals surface area (Å²) in [7, 11) is -3.47. The first kappa shape index (κ1) is 18.9. The molecular formula is C15H23ClN2O3S. The van der Waals surface area contributed by atoms with E-state index >= 15 is 0 Å². The molecule has 0 saturated heterocycles. The van der Waals surface area contributed by atoms with Gasteiger partial charge in [-0.2, -0.15) is 0 Å². The molecule has 1 amide bonds. The maximum Gasteiger partial charge on any atom is 0.240 e. The zero-order chi connectivity index (χ0) is 17.2. The van der Waals surface area contributed by atoms with E-state index in [9.17, 15) is 13.2 Å². The minimum atomic E-state index is -3.47. The third-order valence-corrected chi connectivity index (χ3v) is 4.51. The summed E-state index contributed by atoms with van der Waals surface area (Å²) in [6.45, 7) is 7.30. The normalized spacial score (nSPS) is 13.0. The minimum Gasteiger partial charge on any atom is -0.354 e. The summed E-state index contributed by atoms with van der Waals surface area (Å²) >= 11 is 6.20. The van der Waals surface area contributed by atoms with Crippen molar-refractivity contribution in [2.75, 3.05) is 12.8 Å². The van der Waals surface area contributed by atoms with Crippen molar-refractivity contribution in [3.63, 3.8) is 0 Å². The van der Waals surface area contributed by atoms with E-state index in [0.29, 0.717) is 11.6 Å².